The van der Waals surface area contributed by atoms with E-state index in [1.165, 1.54) is 17.3 Å². The number of thioether (sulfide) groups is 1. The van der Waals surface area contributed by atoms with E-state index in [-0.39, 0.29) is 5.91 Å². The van der Waals surface area contributed by atoms with Gasteiger partial charge in [0.2, 0.25) is 5.91 Å². The first kappa shape index (κ1) is 16.5. The van der Waals surface area contributed by atoms with Crippen LogP contribution in [0.25, 0.3) is 0 Å². The van der Waals surface area contributed by atoms with Crippen LogP contribution < -0.4 is 11.1 Å². The molecule has 1 aromatic rings. The first-order valence-electron chi connectivity index (χ1n) is 6.48. The number of rotatable bonds is 8. The van der Waals surface area contributed by atoms with Crippen molar-refractivity contribution in [1.29, 1.82) is 0 Å². The highest BCUT2D eigenvalue weighted by Gasteiger charge is 2.11. The number of aryl methyl sites for hydroxylation is 1. The molecule has 0 heterocycles. The molecule has 0 aromatic heterocycles. The van der Waals surface area contributed by atoms with Gasteiger partial charge < -0.3 is 16.2 Å². The number of carboxylic acid groups (broad SMARTS) is 1. The van der Waals surface area contributed by atoms with Crippen molar-refractivity contribution in [3.05, 3.63) is 29.8 Å². The largest absolute Gasteiger partial charge is 0.480 e. The Morgan fingerprint density at radius 3 is 2.85 bits per heavy atom. The second kappa shape index (κ2) is 8.60. The fraction of sp³-hybridized carbons (Fsp3) is 0.429. The van der Waals surface area contributed by atoms with Gasteiger partial charge in [-0.05, 0) is 36.3 Å². The van der Waals surface area contributed by atoms with Crippen molar-refractivity contribution in [2.45, 2.75) is 25.8 Å². The maximum atomic E-state index is 11.7. The molecule has 0 aliphatic heterocycles. The van der Waals surface area contributed by atoms with Crippen LogP contribution in [0.4, 0.5) is 5.69 Å². The summed E-state index contributed by atoms with van der Waals surface area (Å²) in [6, 6.07) is 6.86. The van der Waals surface area contributed by atoms with E-state index in [1.54, 1.807) is 0 Å². The molecular formula is C14H20N2O3S. The van der Waals surface area contributed by atoms with E-state index in [2.05, 4.69) is 12.2 Å². The molecule has 0 aliphatic carbocycles. The summed E-state index contributed by atoms with van der Waals surface area (Å²) in [6.07, 6.45) is 1.28. The lowest BCUT2D eigenvalue weighted by atomic mass is 10.1. The minimum Gasteiger partial charge on any atom is -0.480 e. The smallest absolute Gasteiger partial charge is 0.320 e. The quantitative estimate of drug-likeness (QED) is 0.635. The molecule has 0 saturated heterocycles. The van der Waals surface area contributed by atoms with E-state index >= 15 is 0 Å². The van der Waals surface area contributed by atoms with Gasteiger partial charge in [-0.2, -0.15) is 11.8 Å². The zero-order chi connectivity index (χ0) is 15.0. The van der Waals surface area contributed by atoms with E-state index in [0.717, 1.165) is 12.1 Å². The third-order valence-electron chi connectivity index (χ3n) is 2.74. The average molecular weight is 296 g/mol. The van der Waals surface area contributed by atoms with Crippen molar-refractivity contribution in [1.82, 2.24) is 0 Å². The van der Waals surface area contributed by atoms with Crippen molar-refractivity contribution >= 4 is 29.3 Å². The zero-order valence-corrected chi connectivity index (χ0v) is 12.3. The average Bonchev–Trinajstić information content (AvgIpc) is 2.43. The third kappa shape index (κ3) is 6.08. The highest BCUT2D eigenvalue weighted by molar-refractivity contribution is 7.99. The molecule has 1 amide bonds. The molecule has 0 aliphatic rings. The van der Waals surface area contributed by atoms with Crippen LogP contribution in [0, 0.1) is 0 Å². The van der Waals surface area contributed by atoms with Crippen LogP contribution in [0.3, 0.4) is 0 Å². The molecule has 0 radical (unpaired) electrons. The van der Waals surface area contributed by atoms with Crippen molar-refractivity contribution in [2.24, 2.45) is 5.73 Å². The van der Waals surface area contributed by atoms with Gasteiger partial charge >= 0.3 is 5.97 Å². The number of nitrogens with two attached hydrogens (primary N) is 1. The molecule has 0 bridgehead atoms. The van der Waals surface area contributed by atoms with Gasteiger partial charge in [-0.25, -0.2) is 0 Å². The highest BCUT2D eigenvalue weighted by Crippen LogP contribution is 2.12. The van der Waals surface area contributed by atoms with E-state index in [4.69, 9.17) is 10.8 Å². The predicted octanol–water partition coefficient (Wildman–Crippen LogP) is 1.72. The Morgan fingerprint density at radius 2 is 2.20 bits per heavy atom. The monoisotopic (exact) mass is 296 g/mol. The fourth-order valence-corrected chi connectivity index (χ4v) is 2.39. The van der Waals surface area contributed by atoms with Gasteiger partial charge in [0.05, 0.1) is 5.75 Å². The number of hydrogen-bond donors (Lipinski definition) is 3. The van der Waals surface area contributed by atoms with Gasteiger partial charge in [-0.1, -0.05) is 19.1 Å². The van der Waals surface area contributed by atoms with Crippen LogP contribution in [0.2, 0.25) is 0 Å². The van der Waals surface area contributed by atoms with E-state index in [9.17, 15) is 9.59 Å². The third-order valence-corrected chi connectivity index (χ3v) is 3.73. The fourth-order valence-electron chi connectivity index (χ4n) is 1.56. The summed E-state index contributed by atoms with van der Waals surface area (Å²) in [5.41, 5.74) is 7.33. The van der Waals surface area contributed by atoms with E-state index in [1.807, 2.05) is 24.3 Å². The standard InChI is InChI=1S/C14H20N2O3S/c1-2-10-4-3-5-11(8-10)16-13(17)9-20-7-6-12(15)14(18)19/h3-5,8,12H,2,6-7,9,15H2,1H3,(H,16,17)(H,18,19). The van der Waals surface area contributed by atoms with Crippen LogP contribution >= 0.6 is 11.8 Å². The molecule has 20 heavy (non-hydrogen) atoms. The summed E-state index contributed by atoms with van der Waals surface area (Å²) >= 11 is 1.38. The summed E-state index contributed by atoms with van der Waals surface area (Å²) in [4.78, 5) is 22.2. The van der Waals surface area contributed by atoms with Crippen LogP contribution in [-0.4, -0.2) is 34.5 Å². The van der Waals surface area contributed by atoms with Crippen molar-refractivity contribution < 1.29 is 14.7 Å². The van der Waals surface area contributed by atoms with E-state index in [0.29, 0.717) is 17.9 Å². The maximum absolute atomic E-state index is 11.7. The number of benzene rings is 1. The minimum absolute atomic E-state index is 0.0906. The van der Waals surface area contributed by atoms with Gasteiger partial charge in [0, 0.05) is 5.69 Å². The molecule has 5 nitrogen and oxygen atoms in total. The summed E-state index contributed by atoms with van der Waals surface area (Å²) in [5, 5.41) is 11.4. The number of carbonyl (C=O) groups excluding carboxylic acids is 1. The Hall–Kier alpha value is -1.53. The molecule has 1 unspecified atom stereocenters. The Kier molecular flexibility index (Phi) is 7.11. The Balaban J connectivity index is 2.28. The molecule has 1 rings (SSSR count). The Labute approximate surface area is 122 Å². The number of nitrogens with one attached hydrogen (secondary N) is 1. The van der Waals surface area contributed by atoms with Crippen LogP contribution in [0.1, 0.15) is 18.9 Å². The molecular weight excluding hydrogens is 276 g/mol. The molecule has 0 saturated carbocycles. The second-order valence-corrected chi connectivity index (χ2v) is 5.49. The summed E-state index contributed by atoms with van der Waals surface area (Å²) in [7, 11) is 0. The number of aliphatic carboxylic acids is 1. The normalized spacial score (nSPS) is 11.9. The summed E-state index contributed by atoms with van der Waals surface area (Å²) < 4.78 is 0. The van der Waals surface area contributed by atoms with Crippen LogP contribution in [0.15, 0.2) is 24.3 Å². The summed E-state index contributed by atoms with van der Waals surface area (Å²) in [6.45, 7) is 2.06. The number of carboxylic acids is 1. The number of amides is 1. The van der Waals surface area contributed by atoms with Gasteiger partial charge in [-0.15, -0.1) is 0 Å². The lowest BCUT2D eigenvalue weighted by Crippen LogP contribution is -2.30. The number of carbonyl (C=O) groups is 2. The lowest BCUT2D eigenvalue weighted by molar-refractivity contribution is -0.138. The first-order valence-corrected chi connectivity index (χ1v) is 7.63. The second-order valence-electron chi connectivity index (χ2n) is 4.39. The maximum Gasteiger partial charge on any atom is 0.320 e. The van der Waals surface area contributed by atoms with Crippen LogP contribution in [-0.2, 0) is 16.0 Å². The topological polar surface area (TPSA) is 92.4 Å². The molecule has 1 atom stereocenters. The van der Waals surface area contributed by atoms with Crippen LogP contribution in [0.5, 0.6) is 0 Å². The van der Waals surface area contributed by atoms with Gasteiger partial charge in [0.1, 0.15) is 6.04 Å². The molecule has 6 heteroatoms. The molecule has 4 N–H and O–H groups in total. The van der Waals surface area contributed by atoms with Crippen molar-refractivity contribution in [2.75, 3.05) is 16.8 Å². The predicted molar refractivity (Wildman–Crippen MR) is 82.0 cm³/mol. The minimum atomic E-state index is -1.01. The first-order chi connectivity index (χ1) is 9.52. The Bertz CT molecular complexity index is 465. The number of anilines is 1. The molecule has 1 aromatic carbocycles. The van der Waals surface area contributed by atoms with Crippen molar-refractivity contribution in [3.8, 4) is 0 Å². The molecule has 0 fully saturated rings. The lowest BCUT2D eigenvalue weighted by Gasteiger charge is -2.08. The SMILES string of the molecule is CCc1cccc(NC(=O)CSCCC(N)C(=O)O)c1. The number of hydrogen-bond acceptors (Lipinski definition) is 4. The highest BCUT2D eigenvalue weighted by atomic mass is 32.2. The molecule has 110 valence electrons. The van der Waals surface area contributed by atoms with Gasteiger partial charge in [-0.3, -0.25) is 9.59 Å². The molecule has 0 spiro atoms. The van der Waals surface area contributed by atoms with Gasteiger partial charge in [0.15, 0.2) is 0 Å². The van der Waals surface area contributed by atoms with E-state index < -0.39 is 12.0 Å². The van der Waals surface area contributed by atoms with Gasteiger partial charge in [0.25, 0.3) is 0 Å². The Morgan fingerprint density at radius 1 is 1.45 bits per heavy atom. The summed E-state index contributed by atoms with van der Waals surface area (Å²) in [5.74, 6) is -0.253. The zero-order valence-electron chi connectivity index (χ0n) is 11.5. The van der Waals surface area contributed by atoms with Crippen molar-refractivity contribution in [3.63, 3.8) is 0 Å².